The largest absolute Gasteiger partial charge is 0.332 e. The average Bonchev–Trinajstić information content (AvgIpc) is 3.29. The zero-order chi connectivity index (χ0) is 16.4. The molecule has 0 bridgehead atoms. The first-order valence-electron chi connectivity index (χ1n) is 7.82. The molecule has 0 N–H and O–H groups in total. The lowest BCUT2D eigenvalue weighted by atomic mass is 10.2. The van der Waals surface area contributed by atoms with E-state index in [1.54, 1.807) is 12.3 Å². The van der Waals surface area contributed by atoms with Crippen LogP contribution in [0.3, 0.4) is 0 Å². The van der Waals surface area contributed by atoms with Crippen molar-refractivity contribution in [2.24, 2.45) is 0 Å². The molecule has 1 aromatic heterocycles. The number of amides is 1. The van der Waals surface area contributed by atoms with Gasteiger partial charge in [-0.25, -0.2) is 4.98 Å². The van der Waals surface area contributed by atoms with E-state index in [-0.39, 0.29) is 5.91 Å². The Bertz CT molecular complexity index is 710. The Morgan fingerprint density at radius 3 is 2.78 bits per heavy atom. The molecule has 1 amide bonds. The third kappa shape index (κ3) is 3.88. The van der Waals surface area contributed by atoms with E-state index in [1.807, 2.05) is 30.2 Å². The number of benzene rings is 1. The van der Waals surface area contributed by atoms with Crippen molar-refractivity contribution in [3.63, 3.8) is 0 Å². The van der Waals surface area contributed by atoms with Crippen LogP contribution in [0.25, 0.3) is 0 Å². The Morgan fingerprint density at radius 1 is 1.35 bits per heavy atom. The Labute approximate surface area is 146 Å². The van der Waals surface area contributed by atoms with Crippen molar-refractivity contribution in [3.05, 3.63) is 52.0 Å². The first kappa shape index (κ1) is 16.3. The molecule has 3 rings (SSSR count). The number of rotatable bonds is 6. The number of hydrogen-bond acceptors (Lipinski definition) is 2. The van der Waals surface area contributed by atoms with Crippen LogP contribution in [-0.4, -0.2) is 26.4 Å². The van der Waals surface area contributed by atoms with Gasteiger partial charge in [-0.15, -0.1) is 0 Å². The van der Waals surface area contributed by atoms with Crippen LogP contribution in [0, 0.1) is 0 Å². The van der Waals surface area contributed by atoms with E-state index < -0.39 is 0 Å². The minimum Gasteiger partial charge on any atom is -0.332 e. The molecular formula is C17H19Cl2N3O. The summed E-state index contributed by atoms with van der Waals surface area (Å²) in [4.78, 5) is 18.5. The lowest BCUT2D eigenvalue weighted by Crippen LogP contribution is -2.33. The predicted octanol–water partition coefficient (Wildman–Crippen LogP) is 4.14. The van der Waals surface area contributed by atoms with Gasteiger partial charge in [-0.2, -0.15) is 0 Å². The monoisotopic (exact) mass is 351 g/mol. The van der Waals surface area contributed by atoms with Gasteiger partial charge < -0.3 is 9.47 Å². The van der Waals surface area contributed by atoms with Crippen LogP contribution < -0.4 is 0 Å². The SMILES string of the molecule is CCC(=O)N(Cc1nccn1Cc1ccc(Cl)c(Cl)c1)C1CC1. The van der Waals surface area contributed by atoms with E-state index in [2.05, 4.69) is 9.55 Å². The number of hydrogen-bond donors (Lipinski definition) is 0. The van der Waals surface area contributed by atoms with E-state index in [9.17, 15) is 4.79 Å². The van der Waals surface area contributed by atoms with E-state index >= 15 is 0 Å². The molecule has 1 saturated carbocycles. The summed E-state index contributed by atoms with van der Waals surface area (Å²) in [5, 5.41) is 1.10. The number of carbonyl (C=O) groups is 1. The minimum absolute atomic E-state index is 0.191. The molecule has 0 radical (unpaired) electrons. The first-order chi connectivity index (χ1) is 11.1. The van der Waals surface area contributed by atoms with Gasteiger partial charge >= 0.3 is 0 Å². The number of carbonyl (C=O) groups excluding carboxylic acids is 1. The molecule has 6 heteroatoms. The van der Waals surface area contributed by atoms with Gasteiger partial charge in [0, 0.05) is 31.4 Å². The summed E-state index contributed by atoms with van der Waals surface area (Å²) in [6, 6.07) is 6.00. The molecule has 1 aliphatic rings. The molecule has 0 spiro atoms. The maximum Gasteiger partial charge on any atom is 0.222 e. The standard InChI is InChI=1S/C17H19Cl2N3O/c1-2-17(23)22(13-4-5-13)11-16-20-7-8-21(16)10-12-3-6-14(18)15(19)9-12/h3,6-9,13H,2,4-5,10-11H2,1H3. The fraction of sp³-hybridized carbons (Fsp3) is 0.412. The van der Waals surface area contributed by atoms with Gasteiger partial charge in [-0.05, 0) is 30.5 Å². The van der Waals surface area contributed by atoms with Crippen LogP contribution in [0.1, 0.15) is 37.6 Å². The second kappa shape index (κ2) is 6.93. The third-order valence-corrected chi connectivity index (χ3v) is 4.80. The second-order valence-electron chi connectivity index (χ2n) is 5.83. The Morgan fingerprint density at radius 2 is 2.13 bits per heavy atom. The third-order valence-electron chi connectivity index (χ3n) is 4.06. The normalized spacial score (nSPS) is 14.0. The van der Waals surface area contributed by atoms with Crippen LogP contribution in [0.15, 0.2) is 30.6 Å². The molecule has 2 aromatic rings. The van der Waals surface area contributed by atoms with Crippen molar-refractivity contribution in [1.29, 1.82) is 0 Å². The van der Waals surface area contributed by atoms with Crippen LogP contribution in [-0.2, 0) is 17.9 Å². The van der Waals surface area contributed by atoms with E-state index in [0.717, 1.165) is 24.2 Å². The minimum atomic E-state index is 0.191. The van der Waals surface area contributed by atoms with Crippen LogP contribution >= 0.6 is 23.2 Å². The summed E-state index contributed by atoms with van der Waals surface area (Å²) in [5.74, 6) is 1.08. The molecule has 23 heavy (non-hydrogen) atoms. The lowest BCUT2D eigenvalue weighted by molar-refractivity contribution is -0.132. The van der Waals surface area contributed by atoms with Crippen molar-refractivity contribution in [2.75, 3.05) is 0 Å². The zero-order valence-electron chi connectivity index (χ0n) is 13.0. The van der Waals surface area contributed by atoms with E-state index in [1.165, 1.54) is 0 Å². The average molecular weight is 352 g/mol. The Kier molecular flexibility index (Phi) is 4.93. The molecule has 1 aliphatic carbocycles. The maximum absolute atomic E-state index is 12.1. The Hall–Kier alpha value is -1.52. The molecule has 1 heterocycles. The van der Waals surface area contributed by atoms with Gasteiger partial charge in [0.2, 0.25) is 5.91 Å². The molecule has 122 valence electrons. The van der Waals surface area contributed by atoms with Crippen molar-refractivity contribution in [3.8, 4) is 0 Å². The van der Waals surface area contributed by atoms with E-state index in [0.29, 0.717) is 35.6 Å². The van der Waals surface area contributed by atoms with Crippen molar-refractivity contribution in [2.45, 2.75) is 45.3 Å². The van der Waals surface area contributed by atoms with Crippen LogP contribution in [0.5, 0.6) is 0 Å². The summed E-state index contributed by atoms with van der Waals surface area (Å²) in [5.41, 5.74) is 1.05. The maximum atomic E-state index is 12.1. The molecule has 4 nitrogen and oxygen atoms in total. The first-order valence-corrected chi connectivity index (χ1v) is 8.57. The van der Waals surface area contributed by atoms with Gasteiger partial charge in [0.25, 0.3) is 0 Å². The van der Waals surface area contributed by atoms with Gasteiger partial charge in [-0.1, -0.05) is 36.2 Å². The highest BCUT2D eigenvalue weighted by molar-refractivity contribution is 6.42. The van der Waals surface area contributed by atoms with Crippen molar-refractivity contribution < 1.29 is 4.79 Å². The van der Waals surface area contributed by atoms with E-state index in [4.69, 9.17) is 23.2 Å². The van der Waals surface area contributed by atoms with Gasteiger partial charge in [0.05, 0.1) is 16.6 Å². The summed E-state index contributed by atoms with van der Waals surface area (Å²) in [7, 11) is 0. The lowest BCUT2D eigenvalue weighted by Gasteiger charge is -2.22. The molecule has 0 aliphatic heterocycles. The summed E-state index contributed by atoms with van der Waals surface area (Å²) >= 11 is 12.0. The molecule has 0 atom stereocenters. The van der Waals surface area contributed by atoms with Gasteiger partial charge in [0.1, 0.15) is 5.82 Å². The smallest absolute Gasteiger partial charge is 0.222 e. The zero-order valence-corrected chi connectivity index (χ0v) is 14.5. The number of aromatic nitrogens is 2. The topological polar surface area (TPSA) is 38.1 Å². The van der Waals surface area contributed by atoms with Gasteiger partial charge in [-0.3, -0.25) is 4.79 Å². The summed E-state index contributed by atoms with van der Waals surface area (Å²) < 4.78 is 2.05. The highest BCUT2D eigenvalue weighted by Gasteiger charge is 2.32. The number of imidazole rings is 1. The van der Waals surface area contributed by atoms with Gasteiger partial charge in [0.15, 0.2) is 0 Å². The fourth-order valence-corrected chi connectivity index (χ4v) is 2.95. The number of nitrogens with zero attached hydrogens (tertiary/aromatic N) is 3. The van der Waals surface area contributed by atoms with Crippen LogP contribution in [0.4, 0.5) is 0 Å². The predicted molar refractivity (Wildman–Crippen MR) is 91.7 cm³/mol. The summed E-state index contributed by atoms with van der Waals surface area (Å²) in [6.07, 6.45) is 6.43. The highest BCUT2D eigenvalue weighted by Crippen LogP contribution is 2.29. The molecule has 1 fully saturated rings. The molecule has 0 saturated heterocycles. The summed E-state index contributed by atoms with van der Waals surface area (Å²) in [6.45, 7) is 3.12. The quantitative estimate of drug-likeness (QED) is 0.784. The van der Waals surface area contributed by atoms with Crippen LogP contribution in [0.2, 0.25) is 10.0 Å². The second-order valence-corrected chi connectivity index (χ2v) is 6.64. The van der Waals surface area contributed by atoms with Crippen molar-refractivity contribution in [1.82, 2.24) is 14.5 Å². The number of halogens is 2. The highest BCUT2D eigenvalue weighted by atomic mass is 35.5. The Balaban J connectivity index is 1.76. The molecule has 1 aromatic carbocycles. The molecular weight excluding hydrogens is 333 g/mol. The van der Waals surface area contributed by atoms with Crippen molar-refractivity contribution >= 4 is 29.1 Å². The molecule has 0 unspecified atom stereocenters. The fourth-order valence-electron chi connectivity index (χ4n) is 2.63.